The van der Waals surface area contributed by atoms with E-state index >= 15 is 0 Å². The number of fused-ring (bicyclic) bond motifs is 5. The Morgan fingerprint density at radius 3 is 2.44 bits per heavy atom. The predicted octanol–water partition coefficient (Wildman–Crippen LogP) is 5.51. The first-order chi connectivity index (χ1) is 12.8. The van der Waals surface area contributed by atoms with Crippen molar-refractivity contribution in [2.75, 3.05) is 0 Å². The van der Waals surface area contributed by atoms with Gasteiger partial charge in [0.25, 0.3) is 0 Å². The molecule has 0 aromatic heterocycles. The smallest absolute Gasteiger partial charge is 0.303 e. The van der Waals surface area contributed by atoms with Gasteiger partial charge in [0.2, 0.25) is 0 Å². The fourth-order valence-corrected chi connectivity index (χ4v) is 8.76. The molecular formula is C24H40O3. The molecule has 4 aliphatic rings. The summed E-state index contributed by atoms with van der Waals surface area (Å²) in [5.41, 5.74) is 0.882. The van der Waals surface area contributed by atoms with E-state index < -0.39 is 5.97 Å². The molecule has 0 radical (unpaired) electrons. The summed E-state index contributed by atoms with van der Waals surface area (Å²) < 4.78 is 0. The van der Waals surface area contributed by atoms with Crippen LogP contribution in [0.1, 0.15) is 91.4 Å². The lowest BCUT2D eigenvalue weighted by Gasteiger charge is -2.61. The molecule has 0 aromatic carbocycles. The van der Waals surface area contributed by atoms with Gasteiger partial charge in [0.05, 0.1) is 6.10 Å². The topological polar surface area (TPSA) is 57.5 Å². The van der Waals surface area contributed by atoms with E-state index in [1.165, 1.54) is 44.9 Å². The summed E-state index contributed by atoms with van der Waals surface area (Å²) in [6.07, 6.45) is 12.4. The number of carbonyl (C=O) groups is 1. The maximum Gasteiger partial charge on any atom is 0.303 e. The van der Waals surface area contributed by atoms with E-state index in [1.54, 1.807) is 0 Å². The molecule has 4 fully saturated rings. The van der Waals surface area contributed by atoms with Gasteiger partial charge in [-0.05, 0) is 111 Å². The monoisotopic (exact) mass is 376 g/mol. The van der Waals surface area contributed by atoms with E-state index in [4.69, 9.17) is 5.11 Å². The number of hydrogen-bond acceptors (Lipinski definition) is 2. The summed E-state index contributed by atoms with van der Waals surface area (Å²) in [6.45, 7) is 7.43. The highest BCUT2D eigenvalue weighted by molar-refractivity contribution is 5.66. The zero-order valence-corrected chi connectivity index (χ0v) is 17.6. The Morgan fingerprint density at radius 1 is 1.00 bits per heavy atom. The van der Waals surface area contributed by atoms with Crippen molar-refractivity contribution >= 4 is 5.97 Å². The molecule has 154 valence electrons. The van der Waals surface area contributed by atoms with Gasteiger partial charge in [-0.1, -0.05) is 20.8 Å². The molecule has 4 rings (SSSR count). The van der Waals surface area contributed by atoms with Gasteiger partial charge in [0, 0.05) is 6.42 Å². The zero-order valence-electron chi connectivity index (χ0n) is 17.6. The van der Waals surface area contributed by atoms with E-state index in [0.717, 1.165) is 42.9 Å². The van der Waals surface area contributed by atoms with E-state index in [0.29, 0.717) is 29.1 Å². The molecule has 0 heterocycles. The lowest BCUT2D eigenvalue weighted by Crippen LogP contribution is -2.54. The maximum atomic E-state index is 11.0. The maximum absolute atomic E-state index is 11.0. The molecular weight excluding hydrogens is 336 g/mol. The van der Waals surface area contributed by atoms with Crippen LogP contribution in [0, 0.1) is 46.3 Å². The van der Waals surface area contributed by atoms with Gasteiger partial charge in [-0.3, -0.25) is 4.79 Å². The van der Waals surface area contributed by atoms with Crippen molar-refractivity contribution in [1.82, 2.24) is 0 Å². The van der Waals surface area contributed by atoms with Crippen LogP contribution in [0.4, 0.5) is 0 Å². The first-order valence-electron chi connectivity index (χ1n) is 11.7. The number of rotatable bonds is 4. The Labute approximate surface area is 165 Å². The molecule has 4 saturated carbocycles. The summed E-state index contributed by atoms with van der Waals surface area (Å²) in [5, 5.41) is 19.3. The van der Waals surface area contributed by atoms with E-state index in [9.17, 15) is 9.90 Å². The Bertz CT molecular complexity index is 574. The second-order valence-electron chi connectivity index (χ2n) is 11.2. The molecule has 0 bridgehead atoms. The highest BCUT2D eigenvalue weighted by Gasteiger charge is 2.60. The van der Waals surface area contributed by atoms with Crippen LogP contribution in [-0.4, -0.2) is 22.3 Å². The summed E-state index contributed by atoms with van der Waals surface area (Å²) in [6, 6.07) is 0. The largest absolute Gasteiger partial charge is 0.481 e. The lowest BCUT2D eigenvalue weighted by atomic mass is 9.44. The van der Waals surface area contributed by atoms with Crippen LogP contribution in [0.25, 0.3) is 0 Å². The van der Waals surface area contributed by atoms with Crippen LogP contribution in [-0.2, 0) is 4.79 Å². The van der Waals surface area contributed by atoms with Crippen molar-refractivity contribution in [2.24, 2.45) is 46.3 Å². The zero-order chi connectivity index (χ0) is 19.4. The van der Waals surface area contributed by atoms with Crippen LogP contribution in [0.2, 0.25) is 0 Å². The second-order valence-corrected chi connectivity index (χ2v) is 11.2. The minimum Gasteiger partial charge on any atom is -0.481 e. The highest BCUT2D eigenvalue weighted by Crippen LogP contribution is 2.68. The van der Waals surface area contributed by atoms with Gasteiger partial charge in [-0.2, -0.15) is 0 Å². The molecule has 27 heavy (non-hydrogen) atoms. The third-order valence-electron chi connectivity index (χ3n) is 10.2. The van der Waals surface area contributed by atoms with E-state index in [1.807, 2.05) is 0 Å². The van der Waals surface area contributed by atoms with Crippen LogP contribution in [0.5, 0.6) is 0 Å². The van der Waals surface area contributed by atoms with Crippen LogP contribution < -0.4 is 0 Å². The summed E-state index contributed by atoms with van der Waals surface area (Å²) >= 11 is 0. The van der Waals surface area contributed by atoms with Gasteiger partial charge in [-0.15, -0.1) is 0 Å². The third-order valence-corrected chi connectivity index (χ3v) is 10.2. The van der Waals surface area contributed by atoms with Gasteiger partial charge < -0.3 is 10.2 Å². The molecule has 3 nitrogen and oxygen atoms in total. The van der Waals surface area contributed by atoms with Crippen molar-refractivity contribution in [3.05, 3.63) is 0 Å². The summed E-state index contributed by atoms with van der Waals surface area (Å²) in [4.78, 5) is 11.0. The molecule has 9 atom stereocenters. The average molecular weight is 377 g/mol. The van der Waals surface area contributed by atoms with Crippen LogP contribution in [0.15, 0.2) is 0 Å². The quantitative estimate of drug-likeness (QED) is 0.680. The standard InChI is InChI=1S/C24H40O3/c1-15(4-9-22(26)27)19-7-8-20-18-6-5-16-14-17(25)10-12-23(16,2)21(18)11-13-24(19,20)3/h15-21,25H,4-14H2,1-3H3,(H,26,27)/t15-,16-,17-,18?,19?,20+,21+,23?,24-/m1/s1. The number of aliphatic carboxylic acids is 1. The molecule has 3 unspecified atom stereocenters. The number of hydrogen-bond donors (Lipinski definition) is 2. The van der Waals surface area contributed by atoms with Crippen LogP contribution >= 0.6 is 0 Å². The predicted molar refractivity (Wildman–Crippen MR) is 107 cm³/mol. The van der Waals surface area contributed by atoms with Crippen molar-refractivity contribution in [1.29, 1.82) is 0 Å². The van der Waals surface area contributed by atoms with Crippen molar-refractivity contribution in [2.45, 2.75) is 97.5 Å². The first kappa shape index (κ1) is 19.7. The summed E-state index contributed by atoms with van der Waals surface area (Å²) in [5.74, 6) is 3.91. The van der Waals surface area contributed by atoms with Gasteiger partial charge in [0.1, 0.15) is 0 Å². The van der Waals surface area contributed by atoms with Gasteiger partial charge in [0.15, 0.2) is 0 Å². The first-order valence-corrected chi connectivity index (χ1v) is 11.7. The second kappa shape index (κ2) is 7.04. The summed E-state index contributed by atoms with van der Waals surface area (Å²) in [7, 11) is 0. The number of aliphatic hydroxyl groups excluding tert-OH is 1. The molecule has 0 aromatic rings. The minimum absolute atomic E-state index is 0.0561. The SMILES string of the molecule is C[C@H](CCC(=O)O)C1CC[C@H]2C3CC[C@@H]4C[C@H](O)CCC4(C)[C@H]3CC[C@]12C. The lowest BCUT2D eigenvalue weighted by molar-refractivity contribution is -0.138. The normalized spacial score (nSPS) is 50.4. The molecule has 3 heteroatoms. The Hall–Kier alpha value is -0.570. The fourth-order valence-electron chi connectivity index (χ4n) is 8.76. The van der Waals surface area contributed by atoms with Gasteiger partial charge in [-0.25, -0.2) is 0 Å². The average Bonchev–Trinajstić information content (AvgIpc) is 2.97. The minimum atomic E-state index is -0.643. The van der Waals surface area contributed by atoms with Crippen LogP contribution in [0.3, 0.4) is 0 Å². The molecule has 0 saturated heterocycles. The Kier molecular flexibility index (Phi) is 5.15. The van der Waals surface area contributed by atoms with E-state index in [2.05, 4.69) is 20.8 Å². The molecule has 0 spiro atoms. The van der Waals surface area contributed by atoms with Gasteiger partial charge >= 0.3 is 5.97 Å². The molecule has 0 aliphatic heterocycles. The van der Waals surface area contributed by atoms with Crippen molar-refractivity contribution in [3.63, 3.8) is 0 Å². The third kappa shape index (κ3) is 3.16. The number of carboxylic acid groups (broad SMARTS) is 1. The Balaban J connectivity index is 1.51. The molecule has 4 aliphatic carbocycles. The van der Waals surface area contributed by atoms with E-state index in [-0.39, 0.29) is 6.10 Å². The number of carboxylic acids is 1. The fraction of sp³-hybridized carbons (Fsp3) is 0.958. The molecule has 0 amide bonds. The van der Waals surface area contributed by atoms with Crippen molar-refractivity contribution < 1.29 is 15.0 Å². The number of aliphatic hydroxyl groups is 1. The molecule has 2 N–H and O–H groups in total. The highest BCUT2D eigenvalue weighted by atomic mass is 16.4. The van der Waals surface area contributed by atoms with Crippen molar-refractivity contribution in [3.8, 4) is 0 Å². The Morgan fingerprint density at radius 2 is 1.70 bits per heavy atom.